The van der Waals surface area contributed by atoms with Gasteiger partial charge in [-0.1, -0.05) is 23.9 Å². The van der Waals surface area contributed by atoms with Gasteiger partial charge in [0.2, 0.25) is 5.91 Å². The number of rotatable bonds is 8. The molecule has 0 radical (unpaired) electrons. The van der Waals surface area contributed by atoms with E-state index in [0.717, 1.165) is 19.4 Å². The number of carbonyl (C=O) groups excluding carboxylic acids is 1. The van der Waals surface area contributed by atoms with E-state index in [-0.39, 0.29) is 23.3 Å². The molecule has 1 amide bonds. The zero-order chi connectivity index (χ0) is 18.4. The van der Waals surface area contributed by atoms with Gasteiger partial charge in [-0.15, -0.1) is 0 Å². The molecule has 1 aliphatic heterocycles. The van der Waals surface area contributed by atoms with E-state index in [9.17, 15) is 9.59 Å². The molecule has 1 aromatic heterocycles. The molecule has 3 rings (SSSR count). The second-order valence-corrected chi connectivity index (χ2v) is 7.03. The van der Waals surface area contributed by atoms with Crippen molar-refractivity contribution in [2.45, 2.75) is 30.6 Å². The number of benzene rings is 1. The third-order valence-corrected chi connectivity index (χ3v) is 5.21. The quantitative estimate of drug-likeness (QED) is 0.554. The first kappa shape index (κ1) is 18.9. The van der Waals surface area contributed by atoms with Gasteiger partial charge in [-0.2, -0.15) is 0 Å². The number of fused-ring (bicyclic) bond motifs is 1. The van der Waals surface area contributed by atoms with Gasteiger partial charge < -0.3 is 14.8 Å². The maximum atomic E-state index is 12.7. The summed E-state index contributed by atoms with van der Waals surface area (Å²) in [6, 6.07) is 7.23. The van der Waals surface area contributed by atoms with Crippen molar-refractivity contribution in [3.63, 3.8) is 0 Å². The summed E-state index contributed by atoms with van der Waals surface area (Å²) in [7, 11) is 1.59. The van der Waals surface area contributed by atoms with Crippen LogP contribution in [-0.2, 0) is 20.8 Å². The van der Waals surface area contributed by atoms with Gasteiger partial charge in [0.15, 0.2) is 5.16 Å². The van der Waals surface area contributed by atoms with Crippen LogP contribution in [0.25, 0.3) is 10.9 Å². The average molecular weight is 377 g/mol. The van der Waals surface area contributed by atoms with E-state index in [1.54, 1.807) is 23.8 Å². The minimum absolute atomic E-state index is 0.0915. The molecule has 2 aromatic rings. The molecule has 0 aliphatic carbocycles. The molecule has 1 aliphatic rings. The van der Waals surface area contributed by atoms with Crippen LogP contribution >= 0.6 is 11.8 Å². The van der Waals surface area contributed by atoms with E-state index in [1.807, 2.05) is 12.1 Å². The fraction of sp³-hybridized carbons (Fsp3) is 0.500. The lowest BCUT2D eigenvalue weighted by molar-refractivity contribution is -0.119. The molecule has 7 nitrogen and oxygen atoms in total. The lowest BCUT2D eigenvalue weighted by atomic mass is 10.2. The largest absolute Gasteiger partial charge is 0.383 e. The molecule has 2 heterocycles. The van der Waals surface area contributed by atoms with Gasteiger partial charge in [-0.05, 0) is 25.0 Å². The number of ether oxygens (including phenoxy) is 2. The zero-order valence-electron chi connectivity index (χ0n) is 14.8. The number of hydrogen-bond acceptors (Lipinski definition) is 6. The molecule has 1 aromatic carbocycles. The van der Waals surface area contributed by atoms with Crippen molar-refractivity contribution < 1.29 is 14.3 Å². The van der Waals surface area contributed by atoms with Crippen LogP contribution in [0, 0.1) is 0 Å². The van der Waals surface area contributed by atoms with Crippen LogP contribution in [0.3, 0.4) is 0 Å². The van der Waals surface area contributed by atoms with Crippen LogP contribution in [0.15, 0.2) is 34.2 Å². The van der Waals surface area contributed by atoms with Crippen molar-refractivity contribution in [1.29, 1.82) is 0 Å². The van der Waals surface area contributed by atoms with Crippen LogP contribution in [0.1, 0.15) is 12.8 Å². The summed E-state index contributed by atoms with van der Waals surface area (Å²) in [6.45, 7) is 2.09. The summed E-state index contributed by atoms with van der Waals surface area (Å²) >= 11 is 1.26. The molecule has 140 valence electrons. The van der Waals surface area contributed by atoms with Gasteiger partial charge in [-0.3, -0.25) is 14.2 Å². The Morgan fingerprint density at radius 2 is 2.31 bits per heavy atom. The number of methoxy groups -OCH3 is 1. The number of nitrogens with one attached hydrogen (secondary N) is 1. The minimum atomic E-state index is -0.116. The van der Waals surface area contributed by atoms with Gasteiger partial charge in [-0.25, -0.2) is 4.98 Å². The number of thioether (sulfide) groups is 1. The van der Waals surface area contributed by atoms with E-state index in [0.29, 0.717) is 35.8 Å². The van der Waals surface area contributed by atoms with E-state index in [1.165, 1.54) is 11.8 Å². The molecule has 8 heteroatoms. The van der Waals surface area contributed by atoms with Gasteiger partial charge in [0.25, 0.3) is 5.56 Å². The summed E-state index contributed by atoms with van der Waals surface area (Å²) in [4.78, 5) is 29.4. The SMILES string of the molecule is COCCn1c(SCC(=O)NCC2CCCO2)nc2ccccc2c1=O. The highest BCUT2D eigenvalue weighted by Gasteiger charge is 2.17. The molecule has 1 atom stereocenters. The highest BCUT2D eigenvalue weighted by Crippen LogP contribution is 2.18. The summed E-state index contributed by atoms with van der Waals surface area (Å²) in [5.74, 6) is 0.107. The van der Waals surface area contributed by atoms with Crippen LogP contribution in [0.5, 0.6) is 0 Å². The first-order valence-electron chi connectivity index (χ1n) is 8.68. The van der Waals surface area contributed by atoms with Gasteiger partial charge >= 0.3 is 0 Å². The number of nitrogens with zero attached hydrogens (tertiary/aromatic N) is 2. The minimum Gasteiger partial charge on any atom is -0.383 e. The summed E-state index contributed by atoms with van der Waals surface area (Å²) in [6.07, 6.45) is 2.14. The number of hydrogen-bond donors (Lipinski definition) is 1. The molecule has 0 saturated carbocycles. The number of para-hydroxylation sites is 1. The van der Waals surface area contributed by atoms with Crippen LogP contribution < -0.4 is 10.9 Å². The number of amides is 1. The fourth-order valence-electron chi connectivity index (χ4n) is 2.85. The molecular weight excluding hydrogens is 354 g/mol. The van der Waals surface area contributed by atoms with Crippen LogP contribution in [0.2, 0.25) is 0 Å². The predicted octanol–water partition coefficient (Wildman–Crippen LogP) is 1.43. The van der Waals surface area contributed by atoms with Gasteiger partial charge in [0, 0.05) is 20.3 Å². The van der Waals surface area contributed by atoms with Crippen molar-refractivity contribution >= 4 is 28.6 Å². The molecule has 1 N–H and O–H groups in total. The second kappa shape index (κ2) is 9.16. The lowest BCUT2D eigenvalue weighted by Crippen LogP contribution is -2.33. The van der Waals surface area contributed by atoms with Crippen molar-refractivity contribution in [2.24, 2.45) is 0 Å². The summed E-state index contributed by atoms with van der Waals surface area (Å²) < 4.78 is 12.2. The fourth-order valence-corrected chi connectivity index (χ4v) is 3.71. The smallest absolute Gasteiger partial charge is 0.262 e. The second-order valence-electron chi connectivity index (χ2n) is 6.09. The zero-order valence-corrected chi connectivity index (χ0v) is 15.6. The molecule has 1 unspecified atom stereocenters. The maximum Gasteiger partial charge on any atom is 0.262 e. The third kappa shape index (κ3) is 4.63. The Balaban J connectivity index is 1.70. The number of aromatic nitrogens is 2. The Hall–Kier alpha value is -1.90. The van der Waals surface area contributed by atoms with Crippen molar-refractivity contribution in [3.8, 4) is 0 Å². The summed E-state index contributed by atoms with van der Waals surface area (Å²) in [5, 5.41) is 3.98. The third-order valence-electron chi connectivity index (χ3n) is 4.23. The van der Waals surface area contributed by atoms with Crippen LogP contribution in [0.4, 0.5) is 0 Å². The van der Waals surface area contributed by atoms with E-state index in [4.69, 9.17) is 9.47 Å². The Morgan fingerprint density at radius 3 is 3.08 bits per heavy atom. The molecule has 1 saturated heterocycles. The van der Waals surface area contributed by atoms with Crippen molar-refractivity contribution in [2.75, 3.05) is 32.6 Å². The molecule has 26 heavy (non-hydrogen) atoms. The highest BCUT2D eigenvalue weighted by molar-refractivity contribution is 7.99. The maximum absolute atomic E-state index is 12.7. The normalized spacial score (nSPS) is 16.9. The summed E-state index contributed by atoms with van der Waals surface area (Å²) in [5.41, 5.74) is 0.517. The first-order valence-corrected chi connectivity index (χ1v) is 9.67. The Bertz CT molecular complexity index is 818. The Kier molecular flexibility index (Phi) is 6.65. The van der Waals surface area contributed by atoms with E-state index < -0.39 is 0 Å². The predicted molar refractivity (Wildman–Crippen MR) is 101 cm³/mol. The highest BCUT2D eigenvalue weighted by atomic mass is 32.2. The Morgan fingerprint density at radius 1 is 1.46 bits per heavy atom. The van der Waals surface area contributed by atoms with Crippen molar-refractivity contribution in [1.82, 2.24) is 14.9 Å². The molecule has 0 spiro atoms. The van der Waals surface area contributed by atoms with Crippen LogP contribution in [-0.4, -0.2) is 54.2 Å². The monoisotopic (exact) mass is 377 g/mol. The molecule has 1 fully saturated rings. The van der Waals surface area contributed by atoms with Gasteiger partial charge in [0.05, 0.1) is 35.9 Å². The van der Waals surface area contributed by atoms with E-state index >= 15 is 0 Å². The Labute approximate surface area is 156 Å². The van der Waals surface area contributed by atoms with Gasteiger partial charge in [0.1, 0.15) is 0 Å². The van der Waals surface area contributed by atoms with E-state index in [2.05, 4.69) is 10.3 Å². The molecular formula is C18H23N3O4S. The lowest BCUT2D eigenvalue weighted by Gasteiger charge is -2.13. The molecule has 0 bridgehead atoms. The topological polar surface area (TPSA) is 82.4 Å². The van der Waals surface area contributed by atoms with Crippen molar-refractivity contribution in [3.05, 3.63) is 34.6 Å². The first-order chi connectivity index (χ1) is 12.7. The standard InChI is InChI=1S/C18H23N3O4S/c1-24-10-8-21-17(23)14-6-2-3-7-15(14)20-18(21)26-12-16(22)19-11-13-5-4-9-25-13/h2-3,6-7,13H,4-5,8-12H2,1H3,(H,19,22). The number of carbonyl (C=O) groups is 1. The average Bonchev–Trinajstić information content (AvgIpc) is 3.18.